The first kappa shape index (κ1) is 36.6. The fraction of sp³-hybridized carbons (Fsp3) is 0.0526. The lowest BCUT2D eigenvalue weighted by atomic mass is 9.91. The second kappa shape index (κ2) is 14.8. The molecule has 0 saturated heterocycles. The topological polar surface area (TPSA) is 76.8 Å². The summed E-state index contributed by atoms with van der Waals surface area (Å²) >= 11 is 0. The Bertz CT molecular complexity index is 3460. The third-order valence-corrected chi connectivity index (χ3v) is 12.5. The Balaban J connectivity index is 0.947. The van der Waals surface area contributed by atoms with Crippen molar-refractivity contribution >= 4 is 38.8 Å². The number of aliphatic imine (C=N–C) groups is 1. The van der Waals surface area contributed by atoms with E-state index in [-0.39, 0.29) is 5.41 Å². The van der Waals surface area contributed by atoms with E-state index in [2.05, 4.69) is 153 Å². The standard InChI is InChI=1S/C57H38N6/c1-57-35-46(57)50(37-16-4-2-5-17-37)51(58-47-24-11-10-23-45(47)57)38-27-31-41(32-28-38)55-61-54(40-18-6-3-7-19-40)62-56(63-55)42-33-29-39(30-34-42)52-53(60-49-26-13-12-25-48(49)59-52)44-22-14-20-36-15-8-9-21-43(36)44/h2-34H,35H2,1H3. The lowest BCUT2D eigenvalue weighted by Crippen LogP contribution is -2.06. The predicted octanol–water partition coefficient (Wildman–Crippen LogP) is 13.6. The zero-order chi connectivity index (χ0) is 41.9. The Labute approximate surface area is 365 Å². The van der Waals surface area contributed by atoms with E-state index in [1.165, 1.54) is 22.3 Å². The van der Waals surface area contributed by atoms with Crippen molar-refractivity contribution in [1.82, 2.24) is 24.9 Å². The molecule has 0 N–H and O–H groups in total. The monoisotopic (exact) mass is 806 g/mol. The van der Waals surface area contributed by atoms with Crippen molar-refractivity contribution in [1.29, 1.82) is 0 Å². The van der Waals surface area contributed by atoms with Gasteiger partial charge >= 0.3 is 0 Å². The van der Waals surface area contributed by atoms with Crippen molar-refractivity contribution < 1.29 is 0 Å². The first-order valence-electron chi connectivity index (χ1n) is 21.3. The molecular formula is C57H38N6. The molecule has 0 radical (unpaired) electrons. The number of allylic oxidation sites excluding steroid dienone is 2. The van der Waals surface area contributed by atoms with Crippen LogP contribution < -0.4 is 0 Å². The molecular weight excluding hydrogens is 769 g/mol. The number of aromatic nitrogens is 5. The summed E-state index contributed by atoms with van der Waals surface area (Å²) in [5.41, 5.74) is 16.2. The zero-order valence-corrected chi connectivity index (χ0v) is 34.4. The summed E-state index contributed by atoms with van der Waals surface area (Å²) < 4.78 is 0. The van der Waals surface area contributed by atoms with Crippen molar-refractivity contribution in [2.24, 2.45) is 4.99 Å². The summed E-state index contributed by atoms with van der Waals surface area (Å²) in [6.07, 6.45) is 1.02. The van der Waals surface area contributed by atoms with Crippen LogP contribution in [0.5, 0.6) is 0 Å². The van der Waals surface area contributed by atoms with Gasteiger partial charge in [0.1, 0.15) is 0 Å². The first-order valence-corrected chi connectivity index (χ1v) is 21.3. The molecule has 8 aromatic carbocycles. The molecule has 1 aliphatic carbocycles. The average molecular weight is 807 g/mol. The Morgan fingerprint density at radius 1 is 0.397 bits per heavy atom. The molecule has 0 bridgehead atoms. The fourth-order valence-corrected chi connectivity index (χ4v) is 9.14. The van der Waals surface area contributed by atoms with Crippen LogP contribution in [-0.4, -0.2) is 30.6 Å². The highest BCUT2D eigenvalue weighted by Crippen LogP contribution is 2.60. The molecule has 12 rings (SSSR count). The van der Waals surface area contributed by atoms with E-state index >= 15 is 0 Å². The molecule has 6 heteroatoms. The van der Waals surface area contributed by atoms with Crippen molar-refractivity contribution in [3.05, 3.63) is 222 Å². The minimum absolute atomic E-state index is 0.0256. The molecule has 2 aliphatic rings. The number of benzene rings is 8. The molecule has 1 saturated carbocycles. The first-order chi connectivity index (χ1) is 31.1. The number of rotatable bonds is 7. The minimum atomic E-state index is -0.0256. The summed E-state index contributed by atoms with van der Waals surface area (Å²) in [7, 11) is 0. The molecule has 0 spiro atoms. The second-order valence-corrected chi connectivity index (χ2v) is 16.5. The molecule has 1 atom stereocenters. The SMILES string of the molecule is CC12CC1=C(c1ccccc1)C(c1ccc(-c3nc(-c4ccccc4)nc(-c4ccc(-c5nc6ccccc6nc5-c5cccc6ccccc56)cc4)n3)cc1)=Nc1ccccc12. The van der Waals surface area contributed by atoms with E-state index < -0.39 is 0 Å². The van der Waals surface area contributed by atoms with E-state index in [1.54, 1.807) is 0 Å². The van der Waals surface area contributed by atoms with Crippen LogP contribution in [0.1, 0.15) is 30.0 Å². The molecule has 2 aromatic heterocycles. The van der Waals surface area contributed by atoms with Gasteiger partial charge in [-0.15, -0.1) is 0 Å². The van der Waals surface area contributed by atoms with Crippen LogP contribution in [0.3, 0.4) is 0 Å². The molecule has 10 aromatic rings. The number of nitrogens with zero attached hydrogens (tertiary/aromatic N) is 6. The summed E-state index contributed by atoms with van der Waals surface area (Å²) in [5.74, 6) is 1.79. The fourth-order valence-electron chi connectivity index (χ4n) is 9.14. The van der Waals surface area contributed by atoms with E-state index in [1.807, 2.05) is 54.6 Å². The third kappa shape index (κ3) is 6.43. The Kier molecular flexibility index (Phi) is 8.57. The van der Waals surface area contributed by atoms with Gasteiger partial charge in [-0.2, -0.15) is 0 Å². The van der Waals surface area contributed by atoms with Gasteiger partial charge in [0.2, 0.25) is 0 Å². The zero-order valence-electron chi connectivity index (χ0n) is 34.4. The van der Waals surface area contributed by atoms with Crippen LogP contribution in [0.2, 0.25) is 0 Å². The Morgan fingerprint density at radius 2 is 0.905 bits per heavy atom. The molecule has 1 fully saturated rings. The van der Waals surface area contributed by atoms with Crippen molar-refractivity contribution in [2.75, 3.05) is 0 Å². The summed E-state index contributed by atoms with van der Waals surface area (Å²) in [5, 5.41) is 2.29. The van der Waals surface area contributed by atoms with Gasteiger partial charge in [0.25, 0.3) is 0 Å². The summed E-state index contributed by atoms with van der Waals surface area (Å²) in [6.45, 7) is 2.35. The van der Waals surface area contributed by atoms with Crippen LogP contribution >= 0.6 is 0 Å². The Hall–Kier alpha value is -8.22. The highest BCUT2D eigenvalue weighted by atomic mass is 15.0. The third-order valence-electron chi connectivity index (χ3n) is 12.5. The van der Waals surface area contributed by atoms with Crippen molar-refractivity contribution in [3.63, 3.8) is 0 Å². The van der Waals surface area contributed by atoms with E-state index in [0.29, 0.717) is 17.5 Å². The lowest BCUT2D eigenvalue weighted by Gasteiger charge is -2.14. The van der Waals surface area contributed by atoms with E-state index in [0.717, 1.165) is 84.4 Å². The summed E-state index contributed by atoms with van der Waals surface area (Å²) in [4.78, 5) is 31.1. The van der Waals surface area contributed by atoms with E-state index in [4.69, 9.17) is 29.9 Å². The Morgan fingerprint density at radius 3 is 1.59 bits per heavy atom. The highest BCUT2D eigenvalue weighted by Gasteiger charge is 2.50. The number of hydrogen-bond donors (Lipinski definition) is 0. The largest absolute Gasteiger partial charge is 0.247 e. The van der Waals surface area contributed by atoms with Crippen LogP contribution in [0.15, 0.2) is 211 Å². The van der Waals surface area contributed by atoms with Gasteiger partial charge in [0.15, 0.2) is 17.5 Å². The second-order valence-electron chi connectivity index (χ2n) is 16.5. The molecule has 1 aliphatic heterocycles. The van der Waals surface area contributed by atoms with Gasteiger partial charge < -0.3 is 0 Å². The lowest BCUT2D eigenvalue weighted by molar-refractivity contribution is 0.824. The van der Waals surface area contributed by atoms with Gasteiger partial charge in [0, 0.05) is 44.4 Å². The van der Waals surface area contributed by atoms with Gasteiger partial charge in [-0.1, -0.05) is 189 Å². The minimum Gasteiger partial charge on any atom is -0.247 e. The summed E-state index contributed by atoms with van der Waals surface area (Å²) in [6, 6.07) is 69.1. The number of para-hydroxylation sites is 3. The number of fused-ring (bicyclic) bond motifs is 5. The maximum Gasteiger partial charge on any atom is 0.164 e. The smallest absolute Gasteiger partial charge is 0.164 e. The van der Waals surface area contributed by atoms with Gasteiger partial charge in [0.05, 0.1) is 33.8 Å². The van der Waals surface area contributed by atoms with Crippen LogP contribution in [0.25, 0.3) is 84.1 Å². The molecule has 3 heterocycles. The highest BCUT2D eigenvalue weighted by molar-refractivity contribution is 6.34. The normalized spacial score (nSPS) is 15.4. The van der Waals surface area contributed by atoms with Gasteiger partial charge in [-0.05, 0) is 52.1 Å². The average Bonchev–Trinajstić information content (AvgIpc) is 4.06. The van der Waals surface area contributed by atoms with Gasteiger partial charge in [-0.3, -0.25) is 0 Å². The van der Waals surface area contributed by atoms with E-state index in [9.17, 15) is 0 Å². The molecule has 1 unspecified atom stereocenters. The maximum atomic E-state index is 5.39. The molecule has 296 valence electrons. The maximum absolute atomic E-state index is 5.39. The van der Waals surface area contributed by atoms with Crippen LogP contribution in [-0.2, 0) is 5.41 Å². The quantitative estimate of drug-likeness (QED) is 0.160. The molecule has 6 nitrogen and oxygen atoms in total. The van der Waals surface area contributed by atoms with Crippen LogP contribution in [0, 0.1) is 0 Å². The van der Waals surface area contributed by atoms with Crippen molar-refractivity contribution in [3.8, 4) is 56.7 Å². The van der Waals surface area contributed by atoms with Crippen molar-refractivity contribution in [2.45, 2.75) is 18.8 Å². The predicted molar refractivity (Wildman–Crippen MR) is 256 cm³/mol. The van der Waals surface area contributed by atoms with Crippen LogP contribution in [0.4, 0.5) is 5.69 Å². The van der Waals surface area contributed by atoms with Gasteiger partial charge in [-0.25, -0.2) is 29.9 Å². The molecule has 0 amide bonds. The molecule has 63 heavy (non-hydrogen) atoms. The number of hydrogen-bond acceptors (Lipinski definition) is 6.